The number of aromatic nitrogens is 2. The lowest BCUT2D eigenvalue weighted by molar-refractivity contribution is 1.16. The van der Waals surface area contributed by atoms with Crippen molar-refractivity contribution in [3.8, 4) is 44.8 Å². The topological polar surface area (TPSA) is 9.86 Å². The Hall–Kier alpha value is -7.20. The van der Waals surface area contributed by atoms with Gasteiger partial charge in [0.2, 0.25) is 0 Å². The minimum Gasteiger partial charge on any atom is -0.309 e. The first-order valence-corrected chi connectivity index (χ1v) is 20.3. The lowest BCUT2D eigenvalue weighted by Gasteiger charge is -2.11. The number of para-hydroxylation sites is 2. The third kappa shape index (κ3) is 5.03. The van der Waals surface area contributed by atoms with Crippen LogP contribution in [0.15, 0.2) is 206 Å². The van der Waals surface area contributed by atoms with Gasteiger partial charge in [-0.15, -0.1) is 11.3 Å². The van der Waals surface area contributed by atoms with Crippen molar-refractivity contribution in [1.29, 1.82) is 0 Å². The van der Waals surface area contributed by atoms with Gasteiger partial charge in [0.1, 0.15) is 0 Å². The Labute approximate surface area is 333 Å². The molecule has 0 aliphatic heterocycles. The fourth-order valence-electron chi connectivity index (χ4n) is 9.04. The standard InChI is InChI=1S/C54H34N2S/c1-3-12-35(13-4-1)36-22-24-37(25-23-36)39-28-31-50-46(32-39)48-33-47-43-16-7-9-20-49(43)55(40-14-5-2-6-15-40)51(47)34-52(48)56(50)41-29-26-38(27-30-41)42-18-11-19-45-44-17-8-10-21-53(44)57-54(42)45/h1-34H. The number of nitrogens with zero attached hydrogens (tertiary/aromatic N) is 2. The van der Waals surface area contributed by atoms with Gasteiger partial charge in [-0.3, -0.25) is 0 Å². The van der Waals surface area contributed by atoms with E-state index in [1.165, 1.54) is 97.2 Å². The molecule has 3 aromatic heterocycles. The van der Waals surface area contributed by atoms with Crippen LogP contribution >= 0.6 is 11.3 Å². The molecule has 0 aliphatic carbocycles. The Morgan fingerprint density at radius 1 is 0.281 bits per heavy atom. The molecule has 57 heavy (non-hydrogen) atoms. The fourth-order valence-corrected chi connectivity index (χ4v) is 10.3. The van der Waals surface area contributed by atoms with Crippen LogP contribution in [-0.4, -0.2) is 9.13 Å². The molecule has 0 bridgehead atoms. The van der Waals surface area contributed by atoms with Crippen LogP contribution in [0.1, 0.15) is 0 Å². The van der Waals surface area contributed by atoms with Crippen LogP contribution in [0.3, 0.4) is 0 Å². The maximum atomic E-state index is 2.46. The number of benzene rings is 9. The molecular weight excluding hydrogens is 709 g/mol. The molecule has 0 spiro atoms. The zero-order chi connectivity index (χ0) is 37.5. The zero-order valence-corrected chi connectivity index (χ0v) is 31.7. The monoisotopic (exact) mass is 742 g/mol. The van der Waals surface area contributed by atoms with Gasteiger partial charge in [0.15, 0.2) is 0 Å². The van der Waals surface area contributed by atoms with Gasteiger partial charge in [0, 0.05) is 53.1 Å². The van der Waals surface area contributed by atoms with Gasteiger partial charge in [-0.05, 0) is 94.0 Å². The predicted molar refractivity (Wildman–Crippen MR) is 244 cm³/mol. The summed E-state index contributed by atoms with van der Waals surface area (Å²) in [6, 6.07) is 75.6. The van der Waals surface area contributed by atoms with Gasteiger partial charge in [-0.1, -0.05) is 146 Å². The van der Waals surface area contributed by atoms with Crippen LogP contribution < -0.4 is 0 Å². The fraction of sp³-hybridized carbons (Fsp3) is 0. The van der Waals surface area contributed by atoms with E-state index in [0.717, 1.165) is 11.4 Å². The number of fused-ring (bicyclic) bond motifs is 9. The van der Waals surface area contributed by atoms with E-state index >= 15 is 0 Å². The molecule has 12 aromatic rings. The third-order valence-electron chi connectivity index (χ3n) is 11.7. The number of hydrogen-bond acceptors (Lipinski definition) is 1. The van der Waals surface area contributed by atoms with E-state index in [9.17, 15) is 0 Å². The SMILES string of the molecule is c1ccc(-c2ccc(-c3ccc4c(c3)c3cc5c6ccccc6n(-c6ccccc6)c5cc3n4-c3ccc(-c4cccc5c4sc4ccccc45)cc3)cc2)cc1. The van der Waals surface area contributed by atoms with E-state index in [4.69, 9.17) is 0 Å². The minimum absolute atomic E-state index is 1.14. The molecule has 0 amide bonds. The predicted octanol–water partition coefficient (Wildman–Crippen LogP) is 15.2. The molecule has 3 heteroatoms. The summed E-state index contributed by atoms with van der Waals surface area (Å²) < 4.78 is 7.54. The average Bonchev–Trinajstić information content (AvgIpc) is 3.93. The highest BCUT2D eigenvalue weighted by Gasteiger charge is 2.19. The molecule has 0 aliphatic rings. The van der Waals surface area contributed by atoms with Crippen molar-refractivity contribution in [2.24, 2.45) is 0 Å². The van der Waals surface area contributed by atoms with E-state index in [0.29, 0.717) is 0 Å². The lowest BCUT2D eigenvalue weighted by Crippen LogP contribution is -1.96. The van der Waals surface area contributed by atoms with Gasteiger partial charge in [-0.2, -0.15) is 0 Å². The number of thiophene rings is 1. The summed E-state index contributed by atoms with van der Waals surface area (Å²) in [4.78, 5) is 0. The summed E-state index contributed by atoms with van der Waals surface area (Å²) in [5.74, 6) is 0. The van der Waals surface area contributed by atoms with Gasteiger partial charge in [-0.25, -0.2) is 0 Å². The summed E-state index contributed by atoms with van der Waals surface area (Å²) >= 11 is 1.88. The van der Waals surface area contributed by atoms with Crippen molar-refractivity contribution in [2.45, 2.75) is 0 Å². The molecule has 0 unspecified atom stereocenters. The van der Waals surface area contributed by atoms with E-state index in [-0.39, 0.29) is 0 Å². The van der Waals surface area contributed by atoms with Crippen LogP contribution in [-0.2, 0) is 0 Å². The molecule has 0 saturated carbocycles. The highest BCUT2D eigenvalue weighted by molar-refractivity contribution is 7.26. The van der Waals surface area contributed by atoms with Crippen molar-refractivity contribution < 1.29 is 0 Å². The van der Waals surface area contributed by atoms with E-state index in [1.807, 2.05) is 11.3 Å². The summed E-state index contributed by atoms with van der Waals surface area (Å²) in [5.41, 5.74) is 14.5. The van der Waals surface area contributed by atoms with E-state index < -0.39 is 0 Å². The second-order valence-electron chi connectivity index (χ2n) is 14.9. The Kier molecular flexibility index (Phi) is 7.13. The molecular formula is C54H34N2S. The average molecular weight is 743 g/mol. The largest absolute Gasteiger partial charge is 0.309 e. The van der Waals surface area contributed by atoms with Crippen LogP contribution in [0.5, 0.6) is 0 Å². The van der Waals surface area contributed by atoms with Crippen molar-refractivity contribution in [2.75, 3.05) is 0 Å². The van der Waals surface area contributed by atoms with Crippen LogP contribution in [0.4, 0.5) is 0 Å². The van der Waals surface area contributed by atoms with Crippen LogP contribution in [0, 0.1) is 0 Å². The Morgan fingerprint density at radius 3 is 1.58 bits per heavy atom. The van der Waals surface area contributed by atoms with Gasteiger partial charge in [0.25, 0.3) is 0 Å². The van der Waals surface area contributed by atoms with E-state index in [2.05, 4.69) is 215 Å². The molecule has 266 valence electrons. The van der Waals surface area contributed by atoms with Crippen molar-refractivity contribution >= 4 is 75.1 Å². The van der Waals surface area contributed by atoms with Crippen LogP contribution in [0.25, 0.3) is 109 Å². The molecule has 3 heterocycles. The summed E-state index contributed by atoms with van der Waals surface area (Å²) in [7, 11) is 0. The van der Waals surface area contributed by atoms with Gasteiger partial charge >= 0.3 is 0 Å². The molecule has 0 radical (unpaired) electrons. The summed E-state index contributed by atoms with van der Waals surface area (Å²) in [6.07, 6.45) is 0. The summed E-state index contributed by atoms with van der Waals surface area (Å²) in [5, 5.41) is 7.65. The van der Waals surface area contributed by atoms with Crippen molar-refractivity contribution in [3.05, 3.63) is 206 Å². The Morgan fingerprint density at radius 2 is 0.807 bits per heavy atom. The lowest BCUT2D eigenvalue weighted by atomic mass is 9.99. The Bertz CT molecular complexity index is 3480. The normalized spacial score (nSPS) is 11.9. The second kappa shape index (κ2) is 12.7. The highest BCUT2D eigenvalue weighted by atomic mass is 32.1. The molecule has 9 aromatic carbocycles. The summed E-state index contributed by atoms with van der Waals surface area (Å²) in [6.45, 7) is 0. The molecule has 12 rings (SSSR count). The zero-order valence-electron chi connectivity index (χ0n) is 30.9. The first-order valence-electron chi connectivity index (χ1n) is 19.5. The number of rotatable bonds is 5. The molecule has 0 fully saturated rings. The smallest absolute Gasteiger partial charge is 0.0562 e. The second-order valence-corrected chi connectivity index (χ2v) is 16.0. The molecule has 0 saturated heterocycles. The van der Waals surface area contributed by atoms with E-state index in [1.54, 1.807) is 0 Å². The quantitative estimate of drug-likeness (QED) is 0.166. The minimum atomic E-state index is 1.14. The van der Waals surface area contributed by atoms with Gasteiger partial charge < -0.3 is 9.13 Å². The first kappa shape index (κ1) is 32.1. The maximum Gasteiger partial charge on any atom is 0.0562 e. The third-order valence-corrected chi connectivity index (χ3v) is 13.0. The first-order chi connectivity index (χ1) is 28.3. The van der Waals surface area contributed by atoms with Crippen molar-refractivity contribution in [3.63, 3.8) is 0 Å². The van der Waals surface area contributed by atoms with Crippen LogP contribution in [0.2, 0.25) is 0 Å². The molecule has 2 nitrogen and oxygen atoms in total. The Balaban J connectivity index is 1.08. The maximum absolute atomic E-state index is 2.46. The van der Waals surface area contributed by atoms with Gasteiger partial charge in [0.05, 0.1) is 22.1 Å². The number of hydrogen-bond donors (Lipinski definition) is 0. The van der Waals surface area contributed by atoms with Crippen molar-refractivity contribution in [1.82, 2.24) is 9.13 Å². The molecule has 0 N–H and O–H groups in total. The molecule has 0 atom stereocenters. The highest BCUT2D eigenvalue weighted by Crippen LogP contribution is 2.43.